The summed E-state index contributed by atoms with van der Waals surface area (Å²) < 4.78 is 11.1. The maximum absolute atomic E-state index is 12.8. The van der Waals surface area contributed by atoms with Crippen LogP contribution in [-0.2, 0) is 33.4 Å². The molecule has 0 saturated heterocycles. The third-order valence-electron chi connectivity index (χ3n) is 6.92. The molecule has 0 aromatic carbocycles. The fourth-order valence-corrected chi connectivity index (χ4v) is 4.64. The highest BCUT2D eigenvalue weighted by molar-refractivity contribution is 5.98. The van der Waals surface area contributed by atoms with Gasteiger partial charge in [0.1, 0.15) is 24.3 Å². The first-order chi connectivity index (χ1) is 18.2. The van der Waals surface area contributed by atoms with E-state index in [0.717, 1.165) is 76.4 Å². The van der Waals surface area contributed by atoms with Crippen LogP contribution in [-0.4, -0.2) is 60.6 Å². The van der Waals surface area contributed by atoms with Crippen molar-refractivity contribution in [2.24, 2.45) is 0 Å². The average molecular weight is 538 g/mol. The van der Waals surface area contributed by atoms with Crippen molar-refractivity contribution in [2.45, 2.75) is 121 Å². The third kappa shape index (κ3) is 13.0. The highest BCUT2D eigenvalue weighted by Gasteiger charge is 2.27. The van der Waals surface area contributed by atoms with Crippen LogP contribution in [0.5, 0.6) is 0 Å². The second kappa shape index (κ2) is 17.5. The molecule has 0 aromatic rings. The minimum absolute atomic E-state index is 0.0303. The molecule has 0 unspecified atom stereocenters. The molecule has 0 aromatic heterocycles. The zero-order chi connectivity index (χ0) is 27.8. The Morgan fingerprint density at radius 1 is 0.816 bits per heavy atom. The van der Waals surface area contributed by atoms with Gasteiger partial charge >= 0.3 is 11.9 Å². The average Bonchev–Trinajstić information content (AvgIpc) is 2.90. The molecule has 2 aliphatic rings. The molecule has 0 aliphatic heterocycles. The van der Waals surface area contributed by atoms with Crippen LogP contribution in [0, 0.1) is 0 Å². The second-order valence-corrected chi connectivity index (χ2v) is 10.2. The first-order valence-electron chi connectivity index (χ1n) is 13.9. The van der Waals surface area contributed by atoms with Crippen molar-refractivity contribution in [2.75, 3.05) is 6.54 Å². The maximum atomic E-state index is 12.8. The number of aliphatic carboxylic acids is 1. The second-order valence-electron chi connectivity index (χ2n) is 10.2. The Bertz CT molecular complexity index is 819. The van der Waals surface area contributed by atoms with Crippen molar-refractivity contribution in [1.82, 2.24) is 10.6 Å². The Labute approximate surface area is 224 Å². The van der Waals surface area contributed by atoms with Gasteiger partial charge in [-0.3, -0.25) is 14.4 Å². The molecule has 2 rings (SSSR count). The van der Waals surface area contributed by atoms with E-state index < -0.39 is 41.8 Å². The number of esters is 2. The van der Waals surface area contributed by atoms with E-state index in [1.165, 1.54) is 0 Å². The van der Waals surface area contributed by atoms with E-state index in [1.807, 2.05) is 0 Å². The Hall–Kier alpha value is -2.95. The van der Waals surface area contributed by atoms with Gasteiger partial charge in [0.15, 0.2) is 0 Å². The van der Waals surface area contributed by atoms with E-state index in [4.69, 9.17) is 9.47 Å². The number of hydrogen-bond acceptors (Lipinski definition) is 8. The number of rotatable bonds is 15. The van der Waals surface area contributed by atoms with Crippen LogP contribution in [0.4, 0.5) is 0 Å². The van der Waals surface area contributed by atoms with E-state index in [-0.39, 0.29) is 25.0 Å². The van der Waals surface area contributed by atoms with Gasteiger partial charge in [-0.15, -0.1) is 0 Å². The predicted molar refractivity (Wildman–Crippen MR) is 135 cm³/mol. The van der Waals surface area contributed by atoms with Crippen LogP contribution in [0.25, 0.3) is 0 Å². The van der Waals surface area contributed by atoms with Gasteiger partial charge in [-0.25, -0.2) is 4.79 Å². The Morgan fingerprint density at radius 3 is 2.00 bits per heavy atom. The van der Waals surface area contributed by atoms with Crippen LogP contribution < -0.4 is 21.5 Å². The molecule has 0 bridgehead atoms. The molecule has 0 radical (unpaired) electrons. The Kier molecular flexibility index (Phi) is 14.4. The molecule has 2 fully saturated rings. The van der Waals surface area contributed by atoms with Crippen molar-refractivity contribution >= 4 is 29.7 Å². The molecule has 11 nitrogen and oxygen atoms in total. The van der Waals surface area contributed by atoms with E-state index in [9.17, 15) is 29.1 Å². The van der Waals surface area contributed by atoms with Crippen LogP contribution in [0.1, 0.15) is 96.3 Å². The molecular weight excluding hydrogens is 494 g/mol. The van der Waals surface area contributed by atoms with Gasteiger partial charge in [0.25, 0.3) is 0 Å². The lowest BCUT2D eigenvalue weighted by Gasteiger charge is -2.25. The largest absolute Gasteiger partial charge is 0.544 e. The number of hydrogen-bond donors (Lipinski definition) is 3. The summed E-state index contributed by atoms with van der Waals surface area (Å²) in [5, 5.41) is 15.8. The number of carbonyl (C=O) groups excluding carboxylic acids is 5. The summed E-state index contributed by atoms with van der Waals surface area (Å²) in [6, 6.07) is -1.82. The van der Waals surface area contributed by atoms with Gasteiger partial charge in [0.05, 0.1) is 5.97 Å². The monoisotopic (exact) mass is 537 g/mol. The summed E-state index contributed by atoms with van der Waals surface area (Å²) in [5.41, 5.74) is 3.47. The van der Waals surface area contributed by atoms with Crippen molar-refractivity contribution in [1.29, 1.82) is 0 Å². The number of nitrogens with one attached hydrogen (secondary N) is 2. The zero-order valence-electron chi connectivity index (χ0n) is 22.3. The lowest BCUT2D eigenvalue weighted by Crippen LogP contribution is -2.68. The predicted octanol–water partition coefficient (Wildman–Crippen LogP) is 0.206. The highest BCUT2D eigenvalue weighted by atomic mass is 16.5. The normalized spacial score (nSPS) is 18.3. The standard InChI is InChI=1S/C27H43N3O8/c28-21(26(34)35)13-7-8-18-29-23(31)15-16-24(32)30-22(27(36)38-20-11-5-2-6-12-20)14-17-25(33)37-19-9-3-1-4-10-19/h15-16,19-22H,1-14,17-18,28H2,(H,29,31)(H,30,32)(H,34,35)/b16-15+/t21-,22-/m0/s1. The minimum Gasteiger partial charge on any atom is -0.544 e. The van der Waals surface area contributed by atoms with Gasteiger partial charge in [-0.1, -0.05) is 12.8 Å². The van der Waals surface area contributed by atoms with E-state index in [1.54, 1.807) is 0 Å². The molecule has 0 heterocycles. The number of carboxylic acid groups (broad SMARTS) is 1. The molecule has 5 N–H and O–H groups in total. The van der Waals surface area contributed by atoms with Crippen LogP contribution in [0.15, 0.2) is 12.2 Å². The molecule has 214 valence electrons. The van der Waals surface area contributed by atoms with Crippen LogP contribution in [0.2, 0.25) is 0 Å². The smallest absolute Gasteiger partial charge is 0.328 e. The maximum Gasteiger partial charge on any atom is 0.328 e. The highest BCUT2D eigenvalue weighted by Crippen LogP contribution is 2.22. The van der Waals surface area contributed by atoms with Gasteiger partial charge in [0, 0.05) is 31.5 Å². The van der Waals surface area contributed by atoms with Gasteiger partial charge in [0.2, 0.25) is 11.8 Å². The molecule has 2 amide bonds. The first-order valence-corrected chi connectivity index (χ1v) is 13.9. The van der Waals surface area contributed by atoms with Crippen molar-refractivity contribution in [3.8, 4) is 0 Å². The summed E-state index contributed by atoms with van der Waals surface area (Å²) >= 11 is 0. The molecule has 2 aliphatic carbocycles. The molecular formula is C27H43N3O8. The fraction of sp³-hybridized carbons (Fsp3) is 0.741. The van der Waals surface area contributed by atoms with Crippen molar-refractivity contribution < 1.29 is 44.3 Å². The summed E-state index contributed by atoms with van der Waals surface area (Å²) in [4.78, 5) is 60.3. The fourth-order valence-electron chi connectivity index (χ4n) is 4.64. The minimum atomic E-state index is -1.20. The molecule has 38 heavy (non-hydrogen) atoms. The summed E-state index contributed by atoms with van der Waals surface area (Å²) in [7, 11) is 0. The molecule has 2 atom stereocenters. The summed E-state index contributed by atoms with van der Waals surface area (Å²) in [5.74, 6) is -3.34. The summed E-state index contributed by atoms with van der Waals surface area (Å²) in [6.45, 7) is 0.310. The zero-order valence-corrected chi connectivity index (χ0v) is 22.3. The Morgan fingerprint density at radius 2 is 1.39 bits per heavy atom. The lowest BCUT2D eigenvalue weighted by atomic mass is 9.97. The van der Waals surface area contributed by atoms with Crippen molar-refractivity contribution in [3.05, 3.63) is 12.2 Å². The Balaban J connectivity index is 1.81. The first kappa shape index (κ1) is 31.3. The third-order valence-corrected chi connectivity index (χ3v) is 6.92. The van der Waals surface area contributed by atoms with Gasteiger partial charge < -0.3 is 35.7 Å². The molecule has 11 heteroatoms. The van der Waals surface area contributed by atoms with E-state index in [2.05, 4.69) is 16.4 Å². The number of unbranched alkanes of at least 4 members (excludes halogenated alkanes) is 1. The summed E-state index contributed by atoms with van der Waals surface area (Å²) in [6.07, 6.45) is 12.8. The van der Waals surface area contributed by atoms with Gasteiger partial charge in [-0.2, -0.15) is 0 Å². The molecule has 0 spiro atoms. The number of carboxylic acids is 1. The molecule has 2 saturated carbocycles. The topological polar surface area (TPSA) is 179 Å². The number of ether oxygens (including phenoxy) is 2. The van der Waals surface area contributed by atoms with Crippen LogP contribution in [0.3, 0.4) is 0 Å². The van der Waals surface area contributed by atoms with Gasteiger partial charge in [-0.05, 0) is 70.6 Å². The number of quaternary nitrogens is 1. The van der Waals surface area contributed by atoms with Crippen LogP contribution >= 0.6 is 0 Å². The lowest BCUT2D eigenvalue weighted by molar-refractivity contribution is -0.438. The quantitative estimate of drug-likeness (QED) is 0.151. The SMILES string of the molecule is [NH3+][C@@H](CCCCNC(=O)/C=C/C(=O)N[C@@H](CCC(=O)OC1CCCCC1)C(=O)OC1CCCCC1)C(=O)[O-]. The van der Waals surface area contributed by atoms with E-state index in [0.29, 0.717) is 25.8 Å². The van der Waals surface area contributed by atoms with Crippen molar-refractivity contribution in [3.63, 3.8) is 0 Å². The number of carbonyl (C=O) groups is 5. The van der Waals surface area contributed by atoms with E-state index >= 15 is 0 Å². The number of amides is 2.